The van der Waals surface area contributed by atoms with E-state index in [-0.39, 0.29) is 11.3 Å². The molecule has 0 bridgehead atoms. The van der Waals surface area contributed by atoms with Gasteiger partial charge < -0.3 is 19.6 Å². The Morgan fingerprint density at radius 1 is 1.02 bits per heavy atom. The standard InChI is InChI=1S/C40H52N10O2/c1-27-19-37-29(20-34(27)30-21-41-45(5)22-30)7-6-14-49(37)39-35-24-47(28(2)52)18-13-36(35)50(44-39)33-11-15-46(16-12-33)23-31-10-17-48(26-40(31,3)4)38-9-8-32(25-51)42-43-38/h8-9,19-22,25,31,33H,6-7,10-18,23-24,26H2,1-5H3. The van der Waals surface area contributed by atoms with Crippen LogP contribution in [0.1, 0.15) is 85.4 Å². The molecule has 1 aromatic carbocycles. The van der Waals surface area contributed by atoms with E-state index < -0.39 is 0 Å². The van der Waals surface area contributed by atoms with Crippen molar-refractivity contribution in [2.75, 3.05) is 55.6 Å². The molecule has 1 atom stereocenters. The number of aryl methyl sites for hydroxylation is 3. The molecule has 52 heavy (non-hydrogen) atoms. The summed E-state index contributed by atoms with van der Waals surface area (Å²) in [5.41, 5.74) is 9.26. The first kappa shape index (κ1) is 34.5. The largest absolute Gasteiger partial charge is 0.355 e. The molecule has 4 aromatic rings. The van der Waals surface area contributed by atoms with Gasteiger partial charge >= 0.3 is 0 Å². The first-order chi connectivity index (χ1) is 25.1. The van der Waals surface area contributed by atoms with Gasteiger partial charge in [0, 0.05) is 94.9 Å². The first-order valence-corrected chi connectivity index (χ1v) is 19.1. The van der Waals surface area contributed by atoms with Gasteiger partial charge in [-0.2, -0.15) is 10.2 Å². The molecule has 0 spiro atoms. The van der Waals surface area contributed by atoms with E-state index in [1.165, 1.54) is 33.6 Å². The molecule has 0 aliphatic carbocycles. The number of anilines is 3. The first-order valence-electron chi connectivity index (χ1n) is 19.1. The maximum atomic E-state index is 12.6. The quantitative estimate of drug-likeness (QED) is 0.235. The van der Waals surface area contributed by atoms with Gasteiger partial charge in [0.1, 0.15) is 5.69 Å². The van der Waals surface area contributed by atoms with Crippen LogP contribution >= 0.6 is 0 Å². The fourth-order valence-electron chi connectivity index (χ4n) is 9.21. The third-order valence-electron chi connectivity index (χ3n) is 12.3. The number of fused-ring (bicyclic) bond motifs is 2. The normalized spacial score (nSPS) is 20.9. The number of nitrogens with zero attached hydrogens (tertiary/aromatic N) is 10. The van der Waals surface area contributed by atoms with Crippen LogP contribution in [0, 0.1) is 18.3 Å². The van der Waals surface area contributed by atoms with Crippen LogP contribution in [0.3, 0.4) is 0 Å². The Hall–Kier alpha value is -4.58. The van der Waals surface area contributed by atoms with Gasteiger partial charge in [-0.15, -0.1) is 10.2 Å². The lowest BCUT2D eigenvalue weighted by atomic mass is 9.73. The van der Waals surface area contributed by atoms with E-state index in [4.69, 9.17) is 5.10 Å². The topological polar surface area (TPSA) is 109 Å². The average Bonchev–Trinajstić information content (AvgIpc) is 3.75. The Labute approximate surface area is 306 Å². The number of rotatable bonds is 7. The third-order valence-corrected chi connectivity index (χ3v) is 12.3. The number of piperidine rings is 2. The lowest BCUT2D eigenvalue weighted by molar-refractivity contribution is -0.129. The van der Waals surface area contributed by atoms with Gasteiger partial charge in [-0.05, 0) is 91.3 Å². The van der Waals surface area contributed by atoms with Crippen molar-refractivity contribution in [2.45, 2.75) is 78.8 Å². The molecule has 12 nitrogen and oxygen atoms in total. The summed E-state index contributed by atoms with van der Waals surface area (Å²) in [6, 6.07) is 8.72. The number of hydrogen-bond donors (Lipinski definition) is 0. The lowest BCUT2D eigenvalue weighted by Gasteiger charge is -2.47. The van der Waals surface area contributed by atoms with E-state index in [0.29, 0.717) is 24.2 Å². The summed E-state index contributed by atoms with van der Waals surface area (Å²) in [7, 11) is 1.97. The van der Waals surface area contributed by atoms with Gasteiger partial charge in [0.15, 0.2) is 17.9 Å². The molecule has 274 valence electrons. The van der Waals surface area contributed by atoms with Gasteiger partial charge in [0.25, 0.3) is 0 Å². The summed E-state index contributed by atoms with van der Waals surface area (Å²) in [5, 5.41) is 18.3. The highest BCUT2D eigenvalue weighted by Crippen LogP contribution is 2.42. The summed E-state index contributed by atoms with van der Waals surface area (Å²) < 4.78 is 4.24. The minimum absolute atomic E-state index is 0.125. The van der Waals surface area contributed by atoms with Gasteiger partial charge in [0.2, 0.25) is 5.91 Å². The van der Waals surface area contributed by atoms with Crippen LogP contribution < -0.4 is 9.80 Å². The van der Waals surface area contributed by atoms with Crippen molar-refractivity contribution < 1.29 is 9.59 Å². The van der Waals surface area contributed by atoms with E-state index in [1.54, 1.807) is 13.0 Å². The minimum atomic E-state index is 0.125. The van der Waals surface area contributed by atoms with E-state index in [2.05, 4.69) is 73.8 Å². The average molecular weight is 705 g/mol. The highest BCUT2D eigenvalue weighted by Gasteiger charge is 2.39. The van der Waals surface area contributed by atoms with Gasteiger partial charge in [-0.25, -0.2) is 0 Å². The molecule has 7 heterocycles. The maximum absolute atomic E-state index is 12.6. The van der Waals surface area contributed by atoms with Crippen molar-refractivity contribution in [3.63, 3.8) is 0 Å². The smallest absolute Gasteiger partial charge is 0.219 e. The highest BCUT2D eigenvalue weighted by molar-refractivity contribution is 5.77. The molecule has 1 unspecified atom stereocenters. The predicted molar refractivity (Wildman–Crippen MR) is 202 cm³/mol. The fourth-order valence-corrected chi connectivity index (χ4v) is 9.21. The number of carbonyl (C=O) groups is 2. The molecule has 3 aromatic heterocycles. The van der Waals surface area contributed by atoms with Crippen molar-refractivity contribution in [1.29, 1.82) is 0 Å². The monoisotopic (exact) mass is 704 g/mol. The van der Waals surface area contributed by atoms with Gasteiger partial charge in [-0.3, -0.25) is 19.0 Å². The molecule has 12 heteroatoms. The fraction of sp³-hybridized carbons (Fsp3) is 0.550. The summed E-state index contributed by atoms with van der Waals surface area (Å²) in [5.74, 6) is 2.61. The second-order valence-electron chi connectivity index (χ2n) is 16.2. The van der Waals surface area contributed by atoms with Crippen LogP contribution in [0.4, 0.5) is 17.3 Å². The van der Waals surface area contributed by atoms with Crippen LogP contribution in [-0.4, -0.2) is 97.6 Å². The highest BCUT2D eigenvalue weighted by atomic mass is 16.2. The van der Waals surface area contributed by atoms with Crippen molar-refractivity contribution in [3.8, 4) is 11.1 Å². The lowest BCUT2D eigenvalue weighted by Crippen LogP contribution is -2.50. The van der Waals surface area contributed by atoms with Crippen LogP contribution in [0.5, 0.6) is 0 Å². The predicted octanol–water partition coefficient (Wildman–Crippen LogP) is 5.37. The number of aldehydes is 1. The molecule has 1 amide bonds. The molecule has 2 saturated heterocycles. The zero-order valence-corrected chi connectivity index (χ0v) is 31.4. The molecule has 0 N–H and O–H groups in total. The second-order valence-corrected chi connectivity index (χ2v) is 16.2. The Kier molecular flexibility index (Phi) is 9.13. The van der Waals surface area contributed by atoms with Crippen molar-refractivity contribution in [3.05, 3.63) is 64.7 Å². The van der Waals surface area contributed by atoms with Crippen molar-refractivity contribution >= 4 is 29.5 Å². The second kappa shape index (κ2) is 13.8. The number of likely N-dealkylation sites (tertiary alicyclic amines) is 1. The SMILES string of the molecule is CC(=O)N1CCc2c(c(N3CCCc4cc(-c5cnn(C)c5)c(C)cc43)nn2C2CCN(CC3CCN(c4ccc(C=O)nn4)CC3(C)C)CC2)C1. The van der Waals surface area contributed by atoms with E-state index in [9.17, 15) is 9.59 Å². The Morgan fingerprint density at radius 2 is 1.85 bits per heavy atom. The number of benzene rings is 1. The van der Waals surface area contributed by atoms with E-state index in [0.717, 1.165) is 108 Å². The molecular weight excluding hydrogens is 653 g/mol. The Bertz CT molecular complexity index is 1950. The van der Waals surface area contributed by atoms with Gasteiger partial charge in [-0.1, -0.05) is 13.8 Å². The minimum Gasteiger partial charge on any atom is -0.355 e. The number of carbonyl (C=O) groups excluding carboxylic acids is 2. The summed E-state index contributed by atoms with van der Waals surface area (Å²) >= 11 is 0. The maximum Gasteiger partial charge on any atom is 0.219 e. The number of aromatic nitrogens is 6. The zero-order chi connectivity index (χ0) is 36.1. The van der Waals surface area contributed by atoms with Crippen LogP contribution in [0.2, 0.25) is 0 Å². The molecule has 4 aliphatic heterocycles. The molecule has 0 radical (unpaired) electrons. The number of hydrogen-bond acceptors (Lipinski definition) is 9. The molecule has 2 fully saturated rings. The van der Waals surface area contributed by atoms with Crippen LogP contribution in [0.15, 0.2) is 36.7 Å². The van der Waals surface area contributed by atoms with E-state index >= 15 is 0 Å². The van der Waals surface area contributed by atoms with Gasteiger partial charge in [0.05, 0.1) is 18.8 Å². The van der Waals surface area contributed by atoms with Crippen LogP contribution in [0.25, 0.3) is 11.1 Å². The molecule has 4 aliphatic rings. The molecule has 0 saturated carbocycles. The Balaban J connectivity index is 0.995. The van der Waals surface area contributed by atoms with E-state index in [1.807, 2.05) is 28.9 Å². The number of amides is 1. The summed E-state index contributed by atoms with van der Waals surface area (Å²) in [6.07, 6.45) is 11.0. The molecular formula is C40H52N10O2. The van der Waals surface area contributed by atoms with Crippen molar-refractivity contribution in [1.82, 2.24) is 39.6 Å². The van der Waals surface area contributed by atoms with Crippen LogP contribution in [-0.2, 0) is 31.2 Å². The Morgan fingerprint density at radius 3 is 2.54 bits per heavy atom. The third kappa shape index (κ3) is 6.50. The zero-order valence-electron chi connectivity index (χ0n) is 31.4. The van der Waals surface area contributed by atoms with Crippen molar-refractivity contribution in [2.24, 2.45) is 18.4 Å². The summed E-state index contributed by atoms with van der Waals surface area (Å²) in [4.78, 5) is 33.1. The summed E-state index contributed by atoms with van der Waals surface area (Å²) in [6.45, 7) is 16.0. The molecule has 8 rings (SSSR count).